The van der Waals surface area contributed by atoms with Gasteiger partial charge in [0.15, 0.2) is 0 Å². The largest absolute Gasteiger partial charge is 0.269 e. The first-order chi connectivity index (χ1) is 7.91. The Morgan fingerprint density at radius 3 is 2.06 bits per heavy atom. The molecule has 92 valence electrons. The van der Waals surface area contributed by atoms with Gasteiger partial charge in [-0.2, -0.15) is 0 Å². The fraction of sp³-hybridized carbons (Fsp3) is 0.400. The van der Waals surface area contributed by atoms with Crippen molar-refractivity contribution in [3.8, 4) is 0 Å². The summed E-state index contributed by atoms with van der Waals surface area (Å²) < 4.78 is 0. The van der Waals surface area contributed by atoms with Gasteiger partial charge in [-0.05, 0) is 19.1 Å². The minimum absolute atomic E-state index is 0.0179. The van der Waals surface area contributed by atoms with Crippen molar-refractivity contribution in [3.63, 3.8) is 0 Å². The van der Waals surface area contributed by atoms with Crippen LogP contribution in [-0.4, -0.2) is 21.1 Å². The summed E-state index contributed by atoms with van der Waals surface area (Å²) in [5.74, 6) is 0. The molecule has 2 atom stereocenters. The lowest BCUT2D eigenvalue weighted by atomic mass is 10.3. The van der Waals surface area contributed by atoms with Gasteiger partial charge in [0.05, 0.1) is 10.2 Å². The van der Waals surface area contributed by atoms with Crippen LogP contribution in [0.25, 0.3) is 0 Å². The van der Waals surface area contributed by atoms with Gasteiger partial charge in [-0.25, -0.2) is 0 Å². The van der Waals surface area contributed by atoms with Gasteiger partial charge in [-0.1, -0.05) is 0 Å². The van der Waals surface area contributed by atoms with Crippen molar-refractivity contribution >= 4 is 17.4 Å². The van der Waals surface area contributed by atoms with E-state index >= 15 is 0 Å². The summed E-state index contributed by atoms with van der Waals surface area (Å²) in [7, 11) is 0. The van der Waals surface area contributed by atoms with E-state index in [0.717, 1.165) is 4.90 Å². The molecule has 0 bridgehead atoms. The topological polar surface area (TPSA) is 86.3 Å². The lowest BCUT2D eigenvalue weighted by Crippen LogP contribution is -2.25. The van der Waals surface area contributed by atoms with Gasteiger partial charge in [0.2, 0.25) is 6.04 Å². The number of non-ortho nitro benzene ring substituents is 1. The maximum Gasteiger partial charge on any atom is 0.269 e. The Hall–Kier alpha value is -1.63. The molecule has 0 radical (unpaired) electrons. The second kappa shape index (κ2) is 5.62. The van der Waals surface area contributed by atoms with E-state index in [2.05, 4.69) is 0 Å². The molecule has 1 aromatic carbocycles. The number of benzene rings is 1. The number of hydrogen-bond donors (Lipinski definition) is 0. The number of rotatable bonds is 5. The predicted octanol–water partition coefficient (Wildman–Crippen LogP) is 2.74. The predicted molar refractivity (Wildman–Crippen MR) is 64.9 cm³/mol. The van der Waals surface area contributed by atoms with Crippen molar-refractivity contribution in [3.05, 3.63) is 44.5 Å². The third-order valence-corrected chi connectivity index (χ3v) is 3.69. The Bertz CT molecular complexity index is 421. The van der Waals surface area contributed by atoms with E-state index in [9.17, 15) is 20.2 Å². The highest BCUT2D eigenvalue weighted by Crippen LogP contribution is 2.27. The molecule has 0 fully saturated rings. The first kappa shape index (κ1) is 13.4. The zero-order chi connectivity index (χ0) is 13.0. The Morgan fingerprint density at radius 2 is 1.65 bits per heavy atom. The van der Waals surface area contributed by atoms with E-state index in [0.29, 0.717) is 0 Å². The highest BCUT2D eigenvalue weighted by Gasteiger charge is 2.23. The lowest BCUT2D eigenvalue weighted by molar-refractivity contribution is -0.516. The highest BCUT2D eigenvalue weighted by atomic mass is 32.2. The number of nitrogens with zero attached hydrogens (tertiary/aromatic N) is 2. The SMILES string of the molecule is C[C@H](Sc1ccc([N+](=O)[O-])cc1)[C@@H](C)[N+](=O)[O-]. The summed E-state index contributed by atoms with van der Waals surface area (Å²) in [5, 5.41) is 20.8. The van der Waals surface area contributed by atoms with Gasteiger partial charge < -0.3 is 0 Å². The van der Waals surface area contributed by atoms with Crippen molar-refractivity contribution < 1.29 is 9.85 Å². The summed E-state index contributed by atoms with van der Waals surface area (Å²) in [6, 6.07) is 5.34. The number of hydrogen-bond acceptors (Lipinski definition) is 5. The Balaban J connectivity index is 2.69. The molecule has 0 spiro atoms. The molecule has 0 heterocycles. The van der Waals surface area contributed by atoms with E-state index in [1.165, 1.54) is 23.9 Å². The van der Waals surface area contributed by atoms with Crippen molar-refractivity contribution in [1.29, 1.82) is 0 Å². The molecule has 0 aliphatic heterocycles. The third-order valence-electron chi connectivity index (χ3n) is 2.38. The molecular formula is C10H12N2O4S. The average molecular weight is 256 g/mol. The standard InChI is InChI=1S/C10H12N2O4S/c1-7(11(13)14)8(2)17-10-5-3-9(4-6-10)12(15)16/h3-8H,1-2H3/t7-,8+/m1/s1. The summed E-state index contributed by atoms with van der Waals surface area (Å²) in [5.41, 5.74) is 0.0179. The number of nitro groups is 2. The van der Waals surface area contributed by atoms with Crippen LogP contribution in [0.2, 0.25) is 0 Å². The fourth-order valence-corrected chi connectivity index (χ4v) is 2.15. The normalized spacial score (nSPS) is 14.0. The molecule has 0 aliphatic rings. The molecular weight excluding hydrogens is 244 g/mol. The molecule has 0 amide bonds. The van der Waals surface area contributed by atoms with Crippen LogP contribution in [0.4, 0.5) is 5.69 Å². The Morgan fingerprint density at radius 1 is 1.12 bits per heavy atom. The Kier molecular flexibility index (Phi) is 4.45. The number of thioether (sulfide) groups is 1. The smallest absolute Gasteiger partial charge is 0.264 e. The van der Waals surface area contributed by atoms with E-state index in [1.807, 2.05) is 0 Å². The van der Waals surface area contributed by atoms with Crippen LogP contribution < -0.4 is 0 Å². The minimum atomic E-state index is -0.657. The molecule has 6 nitrogen and oxygen atoms in total. The van der Waals surface area contributed by atoms with Gasteiger partial charge in [0.25, 0.3) is 5.69 Å². The van der Waals surface area contributed by atoms with Crippen LogP contribution in [0.1, 0.15) is 13.8 Å². The molecule has 0 saturated carbocycles. The molecule has 1 rings (SSSR count). The van der Waals surface area contributed by atoms with Gasteiger partial charge in [0.1, 0.15) is 0 Å². The van der Waals surface area contributed by atoms with Crippen LogP contribution in [0.15, 0.2) is 29.2 Å². The van der Waals surface area contributed by atoms with Crippen LogP contribution in [0.3, 0.4) is 0 Å². The minimum Gasteiger partial charge on any atom is -0.264 e. The van der Waals surface area contributed by atoms with Crippen molar-refractivity contribution in [2.45, 2.75) is 30.0 Å². The first-order valence-electron chi connectivity index (χ1n) is 4.96. The second-order valence-electron chi connectivity index (χ2n) is 3.60. The molecule has 0 saturated heterocycles. The molecule has 0 unspecified atom stereocenters. The quantitative estimate of drug-likeness (QED) is 0.459. The van der Waals surface area contributed by atoms with Crippen molar-refractivity contribution in [2.24, 2.45) is 0 Å². The van der Waals surface area contributed by atoms with Crippen molar-refractivity contribution in [1.82, 2.24) is 0 Å². The van der Waals surface area contributed by atoms with Crippen LogP contribution >= 0.6 is 11.8 Å². The van der Waals surface area contributed by atoms with E-state index in [4.69, 9.17) is 0 Å². The van der Waals surface area contributed by atoms with Crippen LogP contribution in [0.5, 0.6) is 0 Å². The number of nitro benzene ring substituents is 1. The highest BCUT2D eigenvalue weighted by molar-refractivity contribution is 8.00. The monoisotopic (exact) mass is 256 g/mol. The first-order valence-corrected chi connectivity index (χ1v) is 5.84. The zero-order valence-electron chi connectivity index (χ0n) is 9.40. The summed E-state index contributed by atoms with van der Waals surface area (Å²) in [6.45, 7) is 3.31. The van der Waals surface area contributed by atoms with E-state index in [1.54, 1.807) is 26.0 Å². The average Bonchev–Trinajstić information content (AvgIpc) is 2.28. The third kappa shape index (κ3) is 3.70. The molecule has 0 aliphatic carbocycles. The van der Waals surface area contributed by atoms with Crippen molar-refractivity contribution in [2.75, 3.05) is 0 Å². The second-order valence-corrected chi connectivity index (χ2v) is 5.05. The van der Waals surface area contributed by atoms with Gasteiger partial charge in [-0.3, -0.25) is 20.2 Å². The Labute approximate surface area is 102 Å². The van der Waals surface area contributed by atoms with Gasteiger partial charge >= 0.3 is 0 Å². The summed E-state index contributed by atoms with van der Waals surface area (Å²) >= 11 is 1.34. The summed E-state index contributed by atoms with van der Waals surface area (Å²) in [6.07, 6.45) is 0. The molecule has 0 N–H and O–H groups in total. The maximum atomic E-state index is 10.6. The summed E-state index contributed by atoms with van der Waals surface area (Å²) in [4.78, 5) is 21.0. The molecule has 1 aromatic rings. The maximum absolute atomic E-state index is 10.6. The fourth-order valence-electron chi connectivity index (χ4n) is 1.13. The lowest BCUT2D eigenvalue weighted by Gasteiger charge is -2.12. The van der Waals surface area contributed by atoms with Crippen LogP contribution in [-0.2, 0) is 0 Å². The van der Waals surface area contributed by atoms with Gasteiger partial charge in [-0.15, -0.1) is 11.8 Å². The van der Waals surface area contributed by atoms with Gasteiger partial charge in [0, 0.05) is 28.9 Å². The molecule has 7 heteroatoms. The van der Waals surface area contributed by atoms with Crippen LogP contribution in [0, 0.1) is 20.2 Å². The zero-order valence-corrected chi connectivity index (χ0v) is 10.2. The van der Waals surface area contributed by atoms with E-state index in [-0.39, 0.29) is 15.9 Å². The molecule has 17 heavy (non-hydrogen) atoms. The van der Waals surface area contributed by atoms with E-state index < -0.39 is 11.0 Å². The molecule has 0 aromatic heterocycles.